The maximum atomic E-state index is 2.45. The highest BCUT2D eigenvalue weighted by molar-refractivity contribution is 6.14. The Balaban J connectivity index is 1.32. The van der Waals surface area contributed by atoms with E-state index in [0.29, 0.717) is 0 Å². The van der Waals surface area contributed by atoms with Gasteiger partial charge in [-0.3, -0.25) is 0 Å². The highest BCUT2D eigenvalue weighted by Crippen LogP contribution is 2.51. The molecule has 0 fully saturated rings. The van der Waals surface area contributed by atoms with Crippen LogP contribution in [0, 0.1) is 0 Å². The molecule has 47 heavy (non-hydrogen) atoms. The Bertz CT molecular complexity index is 2430. The summed E-state index contributed by atoms with van der Waals surface area (Å²) < 4.78 is 2.45. The lowest BCUT2D eigenvalue weighted by Gasteiger charge is -2.29. The van der Waals surface area contributed by atoms with E-state index < -0.39 is 0 Å². The predicted octanol–water partition coefficient (Wildman–Crippen LogP) is 12.2. The molecule has 224 valence electrons. The normalized spacial score (nSPS) is 13.1. The number of aromatic nitrogens is 1. The van der Waals surface area contributed by atoms with E-state index in [1.807, 2.05) is 0 Å². The second-order valence-corrected chi connectivity index (χ2v) is 13.0. The molecule has 0 N–H and O–H groups in total. The molecule has 0 atom stereocenters. The van der Waals surface area contributed by atoms with Crippen molar-refractivity contribution in [2.45, 2.75) is 19.3 Å². The molecule has 8 aromatic rings. The number of hydrogen-bond donors (Lipinski definition) is 0. The smallest absolute Gasteiger partial charge is 0.0782 e. The highest BCUT2D eigenvalue weighted by atomic mass is 15.2. The molecule has 0 saturated heterocycles. The van der Waals surface area contributed by atoms with Crippen molar-refractivity contribution in [1.82, 2.24) is 4.57 Å². The van der Waals surface area contributed by atoms with Crippen LogP contribution in [0.2, 0.25) is 0 Å². The number of rotatable bonds is 5. The molecule has 1 heterocycles. The van der Waals surface area contributed by atoms with Crippen molar-refractivity contribution in [3.63, 3.8) is 0 Å². The third-order valence-electron chi connectivity index (χ3n) is 9.97. The third kappa shape index (κ3) is 4.26. The van der Waals surface area contributed by atoms with Gasteiger partial charge in [0, 0.05) is 33.2 Å². The number of para-hydroxylation sites is 3. The molecule has 2 heteroatoms. The minimum absolute atomic E-state index is 0.0942. The molecule has 0 amide bonds. The summed E-state index contributed by atoms with van der Waals surface area (Å²) in [7, 11) is 0. The molecule has 1 aromatic heterocycles. The molecular formula is C45H34N2. The fraction of sp³-hybridized carbons (Fsp3) is 0.0667. The summed E-state index contributed by atoms with van der Waals surface area (Å²) in [6, 6.07) is 61.8. The van der Waals surface area contributed by atoms with Crippen molar-refractivity contribution >= 4 is 38.9 Å². The van der Waals surface area contributed by atoms with Gasteiger partial charge in [0.2, 0.25) is 0 Å². The molecular weight excluding hydrogens is 569 g/mol. The number of benzene rings is 7. The Labute approximate surface area is 275 Å². The monoisotopic (exact) mass is 602 g/mol. The van der Waals surface area contributed by atoms with Crippen molar-refractivity contribution in [2.75, 3.05) is 4.90 Å². The van der Waals surface area contributed by atoms with E-state index in [1.54, 1.807) is 0 Å². The Kier molecular flexibility index (Phi) is 6.20. The highest BCUT2D eigenvalue weighted by Gasteiger charge is 2.36. The lowest BCUT2D eigenvalue weighted by Crippen LogP contribution is -2.17. The van der Waals surface area contributed by atoms with Gasteiger partial charge in [-0.05, 0) is 81.9 Å². The largest absolute Gasteiger partial charge is 0.308 e. The molecule has 0 radical (unpaired) electrons. The van der Waals surface area contributed by atoms with Gasteiger partial charge in [-0.15, -0.1) is 0 Å². The van der Waals surface area contributed by atoms with E-state index in [0.717, 1.165) is 22.7 Å². The lowest BCUT2D eigenvalue weighted by atomic mass is 9.82. The number of nitrogens with zero attached hydrogens (tertiary/aromatic N) is 2. The van der Waals surface area contributed by atoms with Crippen LogP contribution in [0.5, 0.6) is 0 Å². The van der Waals surface area contributed by atoms with Crippen LogP contribution in [-0.2, 0) is 5.41 Å². The van der Waals surface area contributed by atoms with Crippen LogP contribution in [0.4, 0.5) is 17.1 Å². The molecule has 9 rings (SSSR count). The first kappa shape index (κ1) is 27.5. The quantitative estimate of drug-likeness (QED) is 0.190. The van der Waals surface area contributed by atoms with Crippen molar-refractivity contribution in [1.29, 1.82) is 0 Å². The lowest BCUT2D eigenvalue weighted by molar-refractivity contribution is 0.660. The fourth-order valence-electron chi connectivity index (χ4n) is 7.74. The summed E-state index contributed by atoms with van der Waals surface area (Å²) in [6.45, 7) is 4.71. The Morgan fingerprint density at radius 1 is 0.468 bits per heavy atom. The second kappa shape index (κ2) is 10.6. The summed E-state index contributed by atoms with van der Waals surface area (Å²) in [4.78, 5) is 2.44. The molecule has 0 spiro atoms. The van der Waals surface area contributed by atoms with Gasteiger partial charge >= 0.3 is 0 Å². The Morgan fingerprint density at radius 2 is 1.13 bits per heavy atom. The van der Waals surface area contributed by atoms with Crippen LogP contribution in [0.15, 0.2) is 170 Å². The number of hydrogen-bond acceptors (Lipinski definition) is 1. The van der Waals surface area contributed by atoms with Crippen LogP contribution in [0.1, 0.15) is 25.0 Å². The first-order chi connectivity index (χ1) is 23.1. The predicted molar refractivity (Wildman–Crippen MR) is 198 cm³/mol. The van der Waals surface area contributed by atoms with E-state index in [2.05, 4.69) is 193 Å². The van der Waals surface area contributed by atoms with E-state index in [1.165, 1.54) is 55.2 Å². The molecule has 1 aliphatic carbocycles. The minimum Gasteiger partial charge on any atom is -0.308 e. The minimum atomic E-state index is -0.0942. The zero-order chi connectivity index (χ0) is 31.5. The maximum absolute atomic E-state index is 2.45. The molecule has 1 aliphatic rings. The van der Waals surface area contributed by atoms with Gasteiger partial charge in [-0.2, -0.15) is 0 Å². The molecule has 0 bridgehead atoms. The molecule has 0 unspecified atom stereocenters. The van der Waals surface area contributed by atoms with Crippen molar-refractivity contribution < 1.29 is 0 Å². The molecule has 2 nitrogen and oxygen atoms in total. The van der Waals surface area contributed by atoms with Gasteiger partial charge in [0.25, 0.3) is 0 Å². The van der Waals surface area contributed by atoms with Gasteiger partial charge in [0.1, 0.15) is 0 Å². The van der Waals surface area contributed by atoms with Gasteiger partial charge in [0.15, 0.2) is 0 Å². The average molecular weight is 603 g/mol. The van der Waals surface area contributed by atoms with Gasteiger partial charge in [0.05, 0.1) is 16.7 Å². The summed E-state index contributed by atoms with van der Waals surface area (Å²) >= 11 is 0. The molecule has 0 saturated carbocycles. The van der Waals surface area contributed by atoms with Gasteiger partial charge < -0.3 is 9.47 Å². The fourth-order valence-corrected chi connectivity index (χ4v) is 7.74. The van der Waals surface area contributed by atoms with E-state index >= 15 is 0 Å². The van der Waals surface area contributed by atoms with Crippen LogP contribution < -0.4 is 4.90 Å². The molecule has 7 aromatic carbocycles. The van der Waals surface area contributed by atoms with Crippen LogP contribution >= 0.6 is 0 Å². The van der Waals surface area contributed by atoms with Crippen LogP contribution in [0.3, 0.4) is 0 Å². The Morgan fingerprint density at radius 3 is 1.98 bits per heavy atom. The van der Waals surface area contributed by atoms with Gasteiger partial charge in [-0.1, -0.05) is 135 Å². The second-order valence-electron chi connectivity index (χ2n) is 13.0. The maximum Gasteiger partial charge on any atom is 0.0782 e. The van der Waals surface area contributed by atoms with E-state index in [-0.39, 0.29) is 5.41 Å². The SMILES string of the molecule is CC1(C)c2ccccc2-c2ccc(N(c3ccccc3)c3cccc4c5ccccc5n(-c5cccc(-c6ccccc6)c5)c34)cc21. The van der Waals surface area contributed by atoms with Crippen molar-refractivity contribution in [3.05, 3.63) is 181 Å². The average Bonchev–Trinajstić information content (AvgIpc) is 3.59. The van der Waals surface area contributed by atoms with Crippen LogP contribution in [-0.4, -0.2) is 4.57 Å². The first-order valence-electron chi connectivity index (χ1n) is 16.4. The zero-order valence-corrected chi connectivity index (χ0v) is 26.6. The first-order valence-corrected chi connectivity index (χ1v) is 16.4. The number of fused-ring (bicyclic) bond motifs is 6. The van der Waals surface area contributed by atoms with E-state index in [4.69, 9.17) is 0 Å². The summed E-state index contributed by atoms with van der Waals surface area (Å²) in [5.41, 5.74) is 14.7. The van der Waals surface area contributed by atoms with Crippen LogP contribution in [0.25, 0.3) is 49.7 Å². The third-order valence-corrected chi connectivity index (χ3v) is 9.97. The topological polar surface area (TPSA) is 8.17 Å². The van der Waals surface area contributed by atoms with Gasteiger partial charge in [-0.25, -0.2) is 0 Å². The molecule has 0 aliphatic heterocycles. The van der Waals surface area contributed by atoms with Crippen molar-refractivity contribution in [2.24, 2.45) is 0 Å². The standard InChI is InChI=1S/C45H34N2/c1-45(2)40-24-11-9-21-36(40)37-28-27-35(30-41(37)45)46(33-18-7-4-8-19-33)43-26-14-23-39-38-22-10-12-25-42(38)47(44(39)43)34-20-13-17-32(29-34)31-15-5-3-6-16-31/h3-30H,1-2H3. The summed E-state index contributed by atoms with van der Waals surface area (Å²) in [6.07, 6.45) is 0. The number of anilines is 3. The summed E-state index contributed by atoms with van der Waals surface area (Å²) in [5, 5.41) is 2.48. The Hall–Kier alpha value is -5.86. The zero-order valence-electron chi connectivity index (χ0n) is 26.6. The van der Waals surface area contributed by atoms with Crippen molar-refractivity contribution in [3.8, 4) is 27.9 Å². The van der Waals surface area contributed by atoms with E-state index in [9.17, 15) is 0 Å². The summed E-state index contributed by atoms with van der Waals surface area (Å²) in [5.74, 6) is 0.